The van der Waals surface area contributed by atoms with Crippen molar-refractivity contribution in [2.24, 2.45) is 5.92 Å². The summed E-state index contributed by atoms with van der Waals surface area (Å²) in [5, 5.41) is 2.92. The van der Waals surface area contributed by atoms with Crippen LogP contribution in [0.1, 0.15) is 17.5 Å². The largest absolute Gasteiger partial charge is 0.454 e. The zero-order valence-electron chi connectivity index (χ0n) is 14.5. The lowest BCUT2D eigenvalue weighted by molar-refractivity contribution is -0.126. The van der Waals surface area contributed by atoms with Crippen LogP contribution >= 0.6 is 0 Å². The van der Waals surface area contributed by atoms with Crippen LogP contribution in [-0.4, -0.2) is 25.2 Å². The number of hydrogen-bond acceptors (Lipinski definition) is 4. The first kappa shape index (κ1) is 16.4. The molecule has 1 N–H and O–H groups in total. The third kappa shape index (κ3) is 3.22. The molecule has 0 spiro atoms. The number of nitrogens with zero attached hydrogens (tertiary/aromatic N) is 1. The van der Waals surface area contributed by atoms with Gasteiger partial charge in [-0.15, -0.1) is 0 Å². The standard InChI is InChI=1S/C20H20N2O4/c1-13-2-5-16(6-3-13)22-11-15(9-19(22)23)20(24)21-10-14-4-7-17-18(8-14)26-12-25-17/h2-8,15H,9-12H2,1H3,(H,21,24). The second-order valence-electron chi connectivity index (χ2n) is 6.65. The number of carbonyl (C=O) groups is 2. The van der Waals surface area contributed by atoms with Gasteiger partial charge in [0.1, 0.15) is 0 Å². The van der Waals surface area contributed by atoms with E-state index in [2.05, 4.69) is 5.32 Å². The van der Waals surface area contributed by atoms with Crippen LogP contribution in [0.2, 0.25) is 0 Å². The molecule has 0 aromatic heterocycles. The highest BCUT2D eigenvalue weighted by atomic mass is 16.7. The normalized spacial score (nSPS) is 18.3. The van der Waals surface area contributed by atoms with Crippen molar-refractivity contribution < 1.29 is 19.1 Å². The summed E-state index contributed by atoms with van der Waals surface area (Å²) in [5.74, 6) is 0.953. The molecule has 1 fully saturated rings. The number of carbonyl (C=O) groups excluding carboxylic acids is 2. The van der Waals surface area contributed by atoms with Gasteiger partial charge in [-0.05, 0) is 36.8 Å². The molecule has 1 atom stereocenters. The van der Waals surface area contributed by atoms with Gasteiger partial charge in [0, 0.05) is 25.2 Å². The minimum Gasteiger partial charge on any atom is -0.454 e. The van der Waals surface area contributed by atoms with E-state index >= 15 is 0 Å². The Morgan fingerprint density at radius 1 is 1.15 bits per heavy atom. The average Bonchev–Trinajstić information content (AvgIpc) is 3.26. The van der Waals surface area contributed by atoms with E-state index in [9.17, 15) is 9.59 Å². The summed E-state index contributed by atoms with van der Waals surface area (Å²) in [4.78, 5) is 26.5. The minimum atomic E-state index is -0.335. The Morgan fingerprint density at radius 2 is 1.92 bits per heavy atom. The number of benzene rings is 2. The molecule has 2 aliphatic rings. The van der Waals surface area contributed by atoms with Crippen molar-refractivity contribution >= 4 is 17.5 Å². The van der Waals surface area contributed by atoms with Crippen molar-refractivity contribution in [3.8, 4) is 11.5 Å². The number of fused-ring (bicyclic) bond motifs is 1. The van der Waals surface area contributed by atoms with E-state index < -0.39 is 0 Å². The number of nitrogens with one attached hydrogen (secondary N) is 1. The Morgan fingerprint density at radius 3 is 2.73 bits per heavy atom. The Hall–Kier alpha value is -3.02. The quantitative estimate of drug-likeness (QED) is 0.917. The molecule has 2 amide bonds. The first-order chi connectivity index (χ1) is 12.6. The number of hydrogen-bond donors (Lipinski definition) is 1. The number of amides is 2. The van der Waals surface area contributed by atoms with Crippen molar-refractivity contribution in [2.45, 2.75) is 19.9 Å². The van der Waals surface area contributed by atoms with Gasteiger partial charge in [0.05, 0.1) is 5.92 Å². The summed E-state index contributed by atoms with van der Waals surface area (Å²) < 4.78 is 10.6. The maximum absolute atomic E-state index is 12.5. The van der Waals surface area contributed by atoms with Crippen LogP contribution in [-0.2, 0) is 16.1 Å². The molecule has 2 aliphatic heterocycles. The highest BCUT2D eigenvalue weighted by Gasteiger charge is 2.35. The first-order valence-corrected chi connectivity index (χ1v) is 8.63. The molecule has 6 nitrogen and oxygen atoms in total. The number of anilines is 1. The lowest BCUT2D eigenvalue weighted by atomic mass is 10.1. The Labute approximate surface area is 151 Å². The third-order valence-corrected chi connectivity index (χ3v) is 4.75. The van der Waals surface area contributed by atoms with Gasteiger partial charge in [-0.25, -0.2) is 0 Å². The van der Waals surface area contributed by atoms with Crippen LogP contribution in [0.25, 0.3) is 0 Å². The van der Waals surface area contributed by atoms with Gasteiger partial charge >= 0.3 is 0 Å². The molecule has 26 heavy (non-hydrogen) atoms. The molecule has 6 heteroatoms. The second kappa shape index (κ2) is 6.71. The molecule has 2 aromatic carbocycles. The summed E-state index contributed by atoms with van der Waals surface area (Å²) in [5.41, 5.74) is 2.91. The molecule has 1 saturated heterocycles. The Bertz CT molecular complexity index is 847. The van der Waals surface area contributed by atoms with Crippen LogP contribution in [0.5, 0.6) is 11.5 Å². The summed E-state index contributed by atoms with van der Waals surface area (Å²) in [6.45, 7) is 3.03. The van der Waals surface area contributed by atoms with Gasteiger partial charge in [-0.1, -0.05) is 23.8 Å². The highest BCUT2D eigenvalue weighted by molar-refractivity contribution is 6.00. The van der Waals surface area contributed by atoms with Gasteiger partial charge in [0.25, 0.3) is 0 Å². The number of aryl methyl sites for hydroxylation is 1. The fourth-order valence-electron chi connectivity index (χ4n) is 3.24. The lowest BCUT2D eigenvalue weighted by Gasteiger charge is -2.17. The highest BCUT2D eigenvalue weighted by Crippen LogP contribution is 2.32. The molecule has 0 aliphatic carbocycles. The molecule has 0 radical (unpaired) electrons. The molecule has 4 rings (SSSR count). The van der Waals surface area contributed by atoms with Crippen molar-refractivity contribution in [3.63, 3.8) is 0 Å². The van der Waals surface area contributed by atoms with Crippen molar-refractivity contribution in [3.05, 3.63) is 53.6 Å². The minimum absolute atomic E-state index is 0.0166. The molecule has 2 aromatic rings. The topological polar surface area (TPSA) is 67.9 Å². The van der Waals surface area contributed by atoms with Crippen LogP contribution in [0.15, 0.2) is 42.5 Å². The maximum atomic E-state index is 12.5. The SMILES string of the molecule is Cc1ccc(N2CC(C(=O)NCc3ccc4c(c3)OCO4)CC2=O)cc1. The number of rotatable bonds is 4. The fourth-order valence-corrected chi connectivity index (χ4v) is 3.24. The van der Waals surface area contributed by atoms with E-state index in [0.29, 0.717) is 18.8 Å². The summed E-state index contributed by atoms with van der Waals surface area (Å²) >= 11 is 0. The Balaban J connectivity index is 1.36. The zero-order chi connectivity index (χ0) is 18.1. The predicted molar refractivity (Wildman–Crippen MR) is 96.1 cm³/mol. The van der Waals surface area contributed by atoms with Crippen LogP contribution < -0.4 is 19.7 Å². The average molecular weight is 352 g/mol. The van der Waals surface area contributed by atoms with Gasteiger partial charge < -0.3 is 19.7 Å². The van der Waals surface area contributed by atoms with Crippen molar-refractivity contribution in [1.29, 1.82) is 0 Å². The molecular weight excluding hydrogens is 332 g/mol. The molecule has 0 saturated carbocycles. The second-order valence-corrected chi connectivity index (χ2v) is 6.65. The Kier molecular flexibility index (Phi) is 4.24. The van der Waals surface area contributed by atoms with Crippen LogP contribution in [0, 0.1) is 12.8 Å². The zero-order valence-corrected chi connectivity index (χ0v) is 14.5. The molecule has 134 valence electrons. The fraction of sp³-hybridized carbons (Fsp3) is 0.300. The smallest absolute Gasteiger partial charge is 0.231 e. The summed E-state index contributed by atoms with van der Waals surface area (Å²) in [7, 11) is 0. The third-order valence-electron chi connectivity index (χ3n) is 4.75. The van der Waals surface area contributed by atoms with E-state index in [1.807, 2.05) is 49.4 Å². The van der Waals surface area contributed by atoms with E-state index in [1.54, 1.807) is 4.90 Å². The van der Waals surface area contributed by atoms with Crippen LogP contribution in [0.4, 0.5) is 5.69 Å². The van der Waals surface area contributed by atoms with E-state index in [4.69, 9.17) is 9.47 Å². The van der Waals surface area contributed by atoms with E-state index in [-0.39, 0.29) is 30.9 Å². The maximum Gasteiger partial charge on any atom is 0.231 e. The first-order valence-electron chi connectivity index (χ1n) is 8.63. The molecule has 0 bridgehead atoms. The van der Waals surface area contributed by atoms with E-state index in [1.165, 1.54) is 0 Å². The number of ether oxygens (including phenoxy) is 2. The monoisotopic (exact) mass is 352 g/mol. The summed E-state index contributed by atoms with van der Waals surface area (Å²) in [6, 6.07) is 13.4. The van der Waals surface area contributed by atoms with Crippen molar-refractivity contribution in [1.82, 2.24) is 5.32 Å². The molecule has 1 unspecified atom stereocenters. The van der Waals surface area contributed by atoms with Gasteiger partial charge in [0.15, 0.2) is 11.5 Å². The lowest BCUT2D eigenvalue weighted by Crippen LogP contribution is -2.32. The van der Waals surface area contributed by atoms with E-state index in [0.717, 1.165) is 22.6 Å². The summed E-state index contributed by atoms with van der Waals surface area (Å²) in [6.07, 6.45) is 0.237. The van der Waals surface area contributed by atoms with Gasteiger partial charge in [0.2, 0.25) is 18.6 Å². The predicted octanol–water partition coefficient (Wildman–Crippen LogP) is 2.39. The van der Waals surface area contributed by atoms with Crippen LogP contribution in [0.3, 0.4) is 0 Å². The van der Waals surface area contributed by atoms with Gasteiger partial charge in [-0.2, -0.15) is 0 Å². The van der Waals surface area contributed by atoms with Crippen molar-refractivity contribution in [2.75, 3.05) is 18.2 Å². The molecular formula is C20H20N2O4. The van der Waals surface area contributed by atoms with Gasteiger partial charge in [-0.3, -0.25) is 9.59 Å². The molecule has 2 heterocycles.